The fourth-order valence-electron chi connectivity index (χ4n) is 3.70. The lowest BCUT2D eigenvalue weighted by Gasteiger charge is -2.42. The zero-order valence-corrected chi connectivity index (χ0v) is 20.5. The molecule has 0 bridgehead atoms. The molecule has 0 saturated carbocycles. The van der Waals surface area contributed by atoms with Gasteiger partial charge in [-0.3, -0.25) is 9.59 Å². The van der Waals surface area contributed by atoms with Gasteiger partial charge in [0.05, 0.1) is 13.2 Å². The number of esters is 1. The Hall–Kier alpha value is -1.42. The molecule has 2 N–H and O–H groups in total. The van der Waals surface area contributed by atoms with Crippen molar-refractivity contribution in [2.75, 3.05) is 38.0 Å². The summed E-state index contributed by atoms with van der Waals surface area (Å²) >= 11 is 5.73. The smallest absolute Gasteiger partial charge is 0.328 e. The summed E-state index contributed by atoms with van der Waals surface area (Å²) in [7, 11) is 1.35. The summed E-state index contributed by atoms with van der Waals surface area (Å²) in [6, 6.07) is 7.51. The number of thiol groups is 1. The third-order valence-corrected chi connectivity index (χ3v) is 6.38. The van der Waals surface area contributed by atoms with E-state index in [2.05, 4.69) is 12.6 Å². The second kappa shape index (κ2) is 13.9. The van der Waals surface area contributed by atoms with Crippen LogP contribution in [0.15, 0.2) is 30.3 Å². The maximum absolute atomic E-state index is 13.4. The maximum atomic E-state index is 13.4. The SMILES string of the molecule is COC(=O)[C@H](CCSC)N(C(=O)c1ccccc1)C1CCN(C(=O)C(N)CS)CC1.Cl. The highest BCUT2D eigenvalue weighted by Gasteiger charge is 2.38. The van der Waals surface area contributed by atoms with Gasteiger partial charge in [0.1, 0.15) is 6.04 Å². The number of methoxy groups -OCH3 is 1. The molecule has 7 nitrogen and oxygen atoms in total. The number of ether oxygens (including phenoxy) is 1. The molecule has 0 aliphatic carbocycles. The second-order valence-electron chi connectivity index (χ2n) is 7.24. The van der Waals surface area contributed by atoms with Gasteiger partial charge in [-0.05, 0) is 43.4 Å². The molecule has 2 atom stereocenters. The fourth-order valence-corrected chi connectivity index (χ4v) is 4.32. The molecule has 2 amide bonds. The first-order chi connectivity index (χ1) is 14.4. The van der Waals surface area contributed by atoms with Crippen LogP contribution >= 0.6 is 36.8 Å². The van der Waals surface area contributed by atoms with Crippen LogP contribution in [0.2, 0.25) is 0 Å². The first kappa shape index (κ1) is 27.6. The molecule has 2 rings (SSSR count). The van der Waals surface area contributed by atoms with Crippen molar-refractivity contribution in [1.29, 1.82) is 0 Å². The molecule has 1 unspecified atom stereocenters. The molecule has 0 spiro atoms. The number of carbonyl (C=O) groups excluding carboxylic acids is 3. The number of halogens is 1. The average molecular weight is 490 g/mol. The highest BCUT2D eigenvalue weighted by molar-refractivity contribution is 7.98. The highest BCUT2D eigenvalue weighted by Crippen LogP contribution is 2.25. The molecular formula is C21H32ClN3O4S2. The van der Waals surface area contributed by atoms with E-state index in [4.69, 9.17) is 10.5 Å². The molecule has 1 fully saturated rings. The van der Waals surface area contributed by atoms with Gasteiger partial charge in [-0.2, -0.15) is 24.4 Å². The Bertz CT molecular complexity index is 718. The van der Waals surface area contributed by atoms with Gasteiger partial charge < -0.3 is 20.3 Å². The van der Waals surface area contributed by atoms with E-state index in [1.807, 2.05) is 12.3 Å². The number of nitrogens with zero attached hydrogens (tertiary/aromatic N) is 2. The highest BCUT2D eigenvalue weighted by atomic mass is 35.5. The minimum atomic E-state index is -0.665. The van der Waals surface area contributed by atoms with Crippen LogP contribution in [-0.2, 0) is 14.3 Å². The van der Waals surface area contributed by atoms with Crippen LogP contribution in [0.3, 0.4) is 0 Å². The first-order valence-corrected chi connectivity index (χ1v) is 12.1. The van der Waals surface area contributed by atoms with Crippen LogP contribution in [0.1, 0.15) is 29.6 Å². The summed E-state index contributed by atoms with van der Waals surface area (Å²) in [6.45, 7) is 0.972. The summed E-state index contributed by atoms with van der Waals surface area (Å²) in [5.74, 6) is 0.285. The number of hydrogen-bond donors (Lipinski definition) is 2. The number of likely N-dealkylation sites (tertiary alicyclic amines) is 1. The van der Waals surface area contributed by atoms with Gasteiger partial charge in [-0.1, -0.05) is 18.2 Å². The van der Waals surface area contributed by atoms with Crippen molar-refractivity contribution in [3.05, 3.63) is 35.9 Å². The molecule has 0 aromatic heterocycles. The van der Waals surface area contributed by atoms with Crippen LogP contribution in [0.5, 0.6) is 0 Å². The molecule has 31 heavy (non-hydrogen) atoms. The first-order valence-electron chi connectivity index (χ1n) is 10.0. The number of benzene rings is 1. The Labute approximate surface area is 200 Å². The number of piperidine rings is 1. The van der Waals surface area contributed by atoms with Crippen molar-refractivity contribution in [3.63, 3.8) is 0 Å². The van der Waals surface area contributed by atoms with E-state index in [0.29, 0.717) is 37.9 Å². The molecule has 1 aliphatic heterocycles. The van der Waals surface area contributed by atoms with Crippen molar-refractivity contribution in [3.8, 4) is 0 Å². The van der Waals surface area contributed by atoms with Gasteiger partial charge in [0.15, 0.2) is 0 Å². The van der Waals surface area contributed by atoms with Crippen molar-refractivity contribution in [2.24, 2.45) is 5.73 Å². The van der Waals surface area contributed by atoms with Crippen molar-refractivity contribution < 1.29 is 19.1 Å². The molecule has 1 saturated heterocycles. The standard InChI is InChI=1S/C21H31N3O4S2.ClH/c1-28-21(27)18(10-13-30-2)24(19(25)15-6-4-3-5-7-15)16-8-11-23(12-9-16)20(26)17(22)14-29;/h3-7,16-18,29H,8-14,22H2,1-2H3;1H/t17?,18-;/m0./s1. The van der Waals surface area contributed by atoms with Crippen LogP contribution in [0, 0.1) is 0 Å². The van der Waals surface area contributed by atoms with Gasteiger partial charge in [0, 0.05) is 30.4 Å². The van der Waals surface area contributed by atoms with E-state index in [-0.39, 0.29) is 36.0 Å². The van der Waals surface area contributed by atoms with E-state index in [1.165, 1.54) is 7.11 Å². The van der Waals surface area contributed by atoms with E-state index in [9.17, 15) is 14.4 Å². The molecule has 0 radical (unpaired) electrons. The molecular weight excluding hydrogens is 458 g/mol. The number of rotatable bonds is 9. The summed E-state index contributed by atoms with van der Waals surface area (Å²) in [5.41, 5.74) is 6.36. The normalized spacial score (nSPS) is 16.1. The Morgan fingerprint density at radius 2 is 1.87 bits per heavy atom. The van der Waals surface area contributed by atoms with Crippen LogP contribution in [0.25, 0.3) is 0 Å². The zero-order chi connectivity index (χ0) is 22.1. The number of hydrogen-bond acceptors (Lipinski definition) is 7. The Morgan fingerprint density at radius 3 is 2.39 bits per heavy atom. The molecule has 174 valence electrons. The lowest BCUT2D eigenvalue weighted by atomic mass is 9.98. The quantitative estimate of drug-likeness (QED) is 0.407. The largest absolute Gasteiger partial charge is 0.467 e. The van der Waals surface area contributed by atoms with E-state index >= 15 is 0 Å². The summed E-state index contributed by atoms with van der Waals surface area (Å²) in [6.07, 6.45) is 3.63. The maximum Gasteiger partial charge on any atom is 0.328 e. The number of carbonyl (C=O) groups is 3. The molecule has 10 heteroatoms. The van der Waals surface area contributed by atoms with Gasteiger partial charge in [0.25, 0.3) is 5.91 Å². The van der Waals surface area contributed by atoms with E-state index in [0.717, 1.165) is 5.75 Å². The van der Waals surface area contributed by atoms with Crippen molar-refractivity contribution in [2.45, 2.75) is 37.4 Å². The lowest BCUT2D eigenvalue weighted by Crippen LogP contribution is -2.56. The van der Waals surface area contributed by atoms with Gasteiger partial charge in [-0.15, -0.1) is 12.4 Å². The Balaban J connectivity index is 0.00000480. The van der Waals surface area contributed by atoms with Crippen LogP contribution in [-0.4, -0.2) is 83.7 Å². The van der Waals surface area contributed by atoms with Crippen molar-refractivity contribution >= 4 is 54.6 Å². The second-order valence-corrected chi connectivity index (χ2v) is 8.60. The summed E-state index contributed by atoms with van der Waals surface area (Å²) < 4.78 is 5.04. The topological polar surface area (TPSA) is 92.9 Å². The summed E-state index contributed by atoms with van der Waals surface area (Å²) in [4.78, 5) is 41.8. The molecule has 1 heterocycles. The average Bonchev–Trinajstić information content (AvgIpc) is 2.80. The number of amides is 2. The van der Waals surface area contributed by atoms with Crippen LogP contribution in [0.4, 0.5) is 0 Å². The number of thioether (sulfide) groups is 1. The van der Waals surface area contributed by atoms with Crippen LogP contribution < -0.4 is 5.73 Å². The van der Waals surface area contributed by atoms with Gasteiger partial charge >= 0.3 is 5.97 Å². The number of nitrogens with two attached hydrogens (primary N) is 1. The minimum absolute atomic E-state index is 0. The Morgan fingerprint density at radius 1 is 1.26 bits per heavy atom. The molecule has 1 aliphatic rings. The minimum Gasteiger partial charge on any atom is -0.467 e. The molecule has 1 aromatic carbocycles. The van der Waals surface area contributed by atoms with Gasteiger partial charge in [-0.25, -0.2) is 4.79 Å². The predicted octanol–water partition coefficient (Wildman–Crippen LogP) is 2.09. The van der Waals surface area contributed by atoms with Crippen molar-refractivity contribution in [1.82, 2.24) is 9.80 Å². The Kier molecular flexibility index (Phi) is 12.4. The monoisotopic (exact) mass is 489 g/mol. The summed E-state index contributed by atoms with van der Waals surface area (Å²) in [5, 5.41) is 0. The zero-order valence-electron chi connectivity index (χ0n) is 17.9. The third kappa shape index (κ3) is 7.30. The van der Waals surface area contributed by atoms with E-state index in [1.54, 1.807) is 45.8 Å². The predicted molar refractivity (Wildman–Crippen MR) is 130 cm³/mol. The fraction of sp³-hybridized carbons (Fsp3) is 0.571. The third-order valence-electron chi connectivity index (χ3n) is 5.34. The van der Waals surface area contributed by atoms with Gasteiger partial charge in [0.2, 0.25) is 5.91 Å². The lowest BCUT2D eigenvalue weighted by molar-refractivity contribution is -0.147. The molecule has 1 aromatic rings. The van der Waals surface area contributed by atoms with E-state index < -0.39 is 18.1 Å².